The summed E-state index contributed by atoms with van der Waals surface area (Å²) in [6.45, 7) is 3.08. The van der Waals surface area contributed by atoms with Crippen LogP contribution in [0.25, 0.3) is 0 Å². The molecule has 1 saturated heterocycles. The first-order valence-corrected chi connectivity index (χ1v) is 8.67. The molecule has 2 heterocycles. The van der Waals surface area contributed by atoms with Gasteiger partial charge >= 0.3 is 4.87 Å². The Morgan fingerprint density at radius 1 is 1.40 bits per heavy atom. The van der Waals surface area contributed by atoms with E-state index < -0.39 is 14.9 Å². The Balaban J connectivity index is 1.91. The third-order valence-corrected chi connectivity index (χ3v) is 6.18. The molecule has 1 aromatic rings. The Labute approximate surface area is 121 Å². The molecule has 0 atom stereocenters. The van der Waals surface area contributed by atoms with Crippen molar-refractivity contribution in [2.45, 2.75) is 30.4 Å². The van der Waals surface area contributed by atoms with Gasteiger partial charge in [-0.1, -0.05) is 11.3 Å². The van der Waals surface area contributed by atoms with E-state index in [0.29, 0.717) is 17.0 Å². The van der Waals surface area contributed by atoms with E-state index in [2.05, 4.69) is 9.71 Å². The van der Waals surface area contributed by atoms with Crippen molar-refractivity contribution >= 4 is 27.3 Å². The summed E-state index contributed by atoms with van der Waals surface area (Å²) in [4.78, 5) is 26.7. The number of aromatic nitrogens is 1. The molecule has 1 fully saturated rings. The second-order valence-electron chi connectivity index (χ2n) is 4.66. The SMILES string of the molecule is Cc1[nH]c(=O)sc1S(=O)(=O)NCCC(=O)N1CCCC1. The number of sulfonamides is 1. The molecule has 2 rings (SSSR count). The maximum absolute atomic E-state index is 12.0. The Bertz CT molecular complexity index is 641. The van der Waals surface area contributed by atoms with Gasteiger partial charge in [0, 0.05) is 31.7 Å². The molecule has 1 aliphatic rings. The molecule has 0 unspecified atom stereocenters. The molecule has 0 saturated carbocycles. The summed E-state index contributed by atoms with van der Waals surface area (Å²) >= 11 is 0.649. The highest BCUT2D eigenvalue weighted by Crippen LogP contribution is 2.15. The van der Waals surface area contributed by atoms with Gasteiger partial charge in [0.2, 0.25) is 5.91 Å². The van der Waals surface area contributed by atoms with E-state index in [0.717, 1.165) is 25.9 Å². The van der Waals surface area contributed by atoms with Crippen molar-refractivity contribution in [3.05, 3.63) is 15.4 Å². The van der Waals surface area contributed by atoms with E-state index in [1.807, 2.05) is 0 Å². The smallest absolute Gasteiger partial charge is 0.305 e. The number of amides is 1. The van der Waals surface area contributed by atoms with Crippen LogP contribution in [0.1, 0.15) is 25.0 Å². The van der Waals surface area contributed by atoms with E-state index in [1.54, 1.807) is 4.90 Å². The lowest BCUT2D eigenvalue weighted by Gasteiger charge is -2.15. The van der Waals surface area contributed by atoms with Crippen LogP contribution in [0.4, 0.5) is 0 Å². The normalized spacial score (nSPS) is 15.8. The first kappa shape index (κ1) is 15.2. The molecule has 112 valence electrons. The molecule has 7 nitrogen and oxygen atoms in total. The number of nitrogens with zero attached hydrogens (tertiary/aromatic N) is 1. The quantitative estimate of drug-likeness (QED) is 0.800. The average Bonchev–Trinajstić information content (AvgIpc) is 2.98. The molecule has 0 aromatic carbocycles. The number of carbonyl (C=O) groups is 1. The zero-order valence-electron chi connectivity index (χ0n) is 11.1. The van der Waals surface area contributed by atoms with Gasteiger partial charge < -0.3 is 9.88 Å². The summed E-state index contributed by atoms with van der Waals surface area (Å²) < 4.78 is 26.3. The molecule has 0 aliphatic carbocycles. The highest BCUT2D eigenvalue weighted by molar-refractivity contribution is 7.91. The summed E-state index contributed by atoms with van der Waals surface area (Å²) in [7, 11) is -3.72. The highest BCUT2D eigenvalue weighted by atomic mass is 32.2. The van der Waals surface area contributed by atoms with Crippen LogP contribution in [-0.4, -0.2) is 43.8 Å². The van der Waals surface area contributed by atoms with Crippen molar-refractivity contribution in [1.82, 2.24) is 14.6 Å². The molecule has 0 bridgehead atoms. The van der Waals surface area contributed by atoms with Gasteiger partial charge in [0.25, 0.3) is 10.0 Å². The predicted molar refractivity (Wildman–Crippen MR) is 75.3 cm³/mol. The summed E-state index contributed by atoms with van der Waals surface area (Å²) in [5.74, 6) is -0.0378. The number of aryl methyl sites for hydroxylation is 1. The number of H-pyrrole nitrogens is 1. The number of aromatic amines is 1. The fourth-order valence-electron chi connectivity index (χ4n) is 2.13. The molecular weight excluding hydrogens is 302 g/mol. The zero-order valence-corrected chi connectivity index (χ0v) is 12.8. The number of hydrogen-bond donors (Lipinski definition) is 2. The summed E-state index contributed by atoms with van der Waals surface area (Å²) in [5, 5.41) is 0. The highest BCUT2D eigenvalue weighted by Gasteiger charge is 2.22. The van der Waals surface area contributed by atoms with Crippen molar-refractivity contribution in [3.8, 4) is 0 Å². The standard InChI is InChI=1S/C11H17N3O4S2/c1-8-10(19-11(16)13-8)20(17,18)12-5-4-9(15)14-6-2-3-7-14/h12H,2-7H2,1H3,(H,13,16). The fraction of sp³-hybridized carbons (Fsp3) is 0.636. The number of hydrogen-bond acceptors (Lipinski definition) is 5. The van der Waals surface area contributed by atoms with Gasteiger partial charge in [-0.2, -0.15) is 0 Å². The van der Waals surface area contributed by atoms with Crippen molar-refractivity contribution in [2.75, 3.05) is 19.6 Å². The van der Waals surface area contributed by atoms with Crippen molar-refractivity contribution in [3.63, 3.8) is 0 Å². The van der Waals surface area contributed by atoms with Crippen LogP contribution >= 0.6 is 11.3 Å². The van der Waals surface area contributed by atoms with Crippen molar-refractivity contribution < 1.29 is 13.2 Å². The minimum absolute atomic E-state index is 0.0175. The Morgan fingerprint density at radius 2 is 2.05 bits per heavy atom. The molecular formula is C11H17N3O4S2. The first-order chi connectivity index (χ1) is 9.40. The Morgan fingerprint density at radius 3 is 2.60 bits per heavy atom. The maximum Gasteiger partial charge on any atom is 0.305 e. The van der Waals surface area contributed by atoms with E-state index >= 15 is 0 Å². The van der Waals surface area contributed by atoms with E-state index in [4.69, 9.17) is 0 Å². The molecule has 9 heteroatoms. The molecule has 1 amide bonds. The summed E-state index contributed by atoms with van der Waals surface area (Å²) in [6.07, 6.45) is 2.15. The molecule has 1 aromatic heterocycles. The van der Waals surface area contributed by atoms with Gasteiger partial charge in [-0.05, 0) is 19.8 Å². The second kappa shape index (κ2) is 6.06. The van der Waals surface area contributed by atoms with Gasteiger partial charge in [-0.3, -0.25) is 9.59 Å². The van der Waals surface area contributed by atoms with Gasteiger partial charge in [-0.25, -0.2) is 13.1 Å². The number of rotatable bonds is 5. The van der Waals surface area contributed by atoms with Crippen LogP contribution in [0.15, 0.2) is 9.00 Å². The monoisotopic (exact) mass is 319 g/mol. The van der Waals surface area contributed by atoms with E-state index in [-0.39, 0.29) is 23.1 Å². The number of nitrogens with one attached hydrogen (secondary N) is 2. The van der Waals surface area contributed by atoms with E-state index in [9.17, 15) is 18.0 Å². The predicted octanol–water partition coefficient (Wildman–Crippen LogP) is 0.0356. The third kappa shape index (κ3) is 3.47. The van der Waals surface area contributed by atoms with Crippen LogP contribution in [0.3, 0.4) is 0 Å². The minimum atomic E-state index is -3.72. The summed E-state index contributed by atoms with van der Waals surface area (Å²) in [6, 6.07) is 0. The number of carbonyl (C=O) groups excluding carboxylic acids is 1. The molecule has 2 N–H and O–H groups in total. The van der Waals surface area contributed by atoms with Crippen LogP contribution in [-0.2, 0) is 14.8 Å². The van der Waals surface area contributed by atoms with E-state index in [1.165, 1.54) is 6.92 Å². The van der Waals surface area contributed by atoms with Crippen LogP contribution in [0.2, 0.25) is 0 Å². The largest absolute Gasteiger partial charge is 0.343 e. The van der Waals surface area contributed by atoms with Crippen molar-refractivity contribution in [2.24, 2.45) is 0 Å². The minimum Gasteiger partial charge on any atom is -0.343 e. The van der Waals surface area contributed by atoms with Crippen LogP contribution < -0.4 is 9.60 Å². The van der Waals surface area contributed by atoms with Crippen LogP contribution in [0, 0.1) is 6.92 Å². The fourth-order valence-corrected chi connectivity index (χ4v) is 4.50. The lowest BCUT2D eigenvalue weighted by Crippen LogP contribution is -2.32. The summed E-state index contributed by atoms with van der Waals surface area (Å²) in [5.41, 5.74) is 0.318. The van der Waals surface area contributed by atoms with Crippen LogP contribution in [0.5, 0.6) is 0 Å². The van der Waals surface area contributed by atoms with Crippen molar-refractivity contribution in [1.29, 1.82) is 0 Å². The molecule has 20 heavy (non-hydrogen) atoms. The van der Waals surface area contributed by atoms with Gasteiger partial charge in [0.05, 0.1) is 0 Å². The van der Waals surface area contributed by atoms with Gasteiger partial charge in [-0.15, -0.1) is 0 Å². The maximum atomic E-state index is 12.0. The molecule has 0 spiro atoms. The topological polar surface area (TPSA) is 99.3 Å². The molecule has 1 aliphatic heterocycles. The number of likely N-dealkylation sites (tertiary alicyclic amines) is 1. The average molecular weight is 319 g/mol. The second-order valence-corrected chi connectivity index (χ2v) is 7.61. The Kier molecular flexibility index (Phi) is 4.61. The number of thiazole rings is 1. The van der Waals surface area contributed by atoms with Gasteiger partial charge in [0.1, 0.15) is 0 Å². The Hall–Kier alpha value is -1.19. The molecule has 0 radical (unpaired) electrons. The lowest BCUT2D eigenvalue weighted by molar-refractivity contribution is -0.129. The first-order valence-electron chi connectivity index (χ1n) is 6.37. The lowest BCUT2D eigenvalue weighted by atomic mass is 10.4. The zero-order chi connectivity index (χ0) is 14.8. The van der Waals surface area contributed by atoms with Gasteiger partial charge in [0.15, 0.2) is 4.21 Å². The third-order valence-electron chi connectivity index (χ3n) is 3.11.